The van der Waals surface area contributed by atoms with Gasteiger partial charge in [-0.15, -0.1) is 0 Å². The molecular formula is C14H22FN3O6. The van der Waals surface area contributed by atoms with Gasteiger partial charge in [-0.2, -0.15) is 0 Å². The lowest BCUT2D eigenvalue weighted by Gasteiger charge is -2.21. The predicted octanol–water partition coefficient (Wildman–Crippen LogP) is -1.46. The van der Waals surface area contributed by atoms with Crippen LogP contribution in [-0.2, 0) is 24.0 Å². The highest BCUT2D eigenvalue weighted by atomic mass is 19.1. The number of rotatable bonds is 10. The van der Waals surface area contributed by atoms with Crippen molar-refractivity contribution in [2.45, 2.75) is 45.3 Å². The molecule has 0 spiro atoms. The molecule has 0 aliphatic carbocycles. The topological polar surface area (TPSA) is 156 Å². The van der Waals surface area contributed by atoms with Gasteiger partial charge >= 0.3 is 5.97 Å². The minimum atomic E-state index is -1.71. The highest BCUT2D eigenvalue weighted by Crippen LogP contribution is 2.01. The number of Topliss-reactive ketones (excluding diaryl/α,β-unsaturated/α-hetero) is 2. The molecule has 0 rings (SSSR count). The van der Waals surface area contributed by atoms with Crippen molar-refractivity contribution in [3.63, 3.8) is 0 Å². The van der Waals surface area contributed by atoms with Crippen molar-refractivity contribution in [1.29, 1.82) is 0 Å². The first-order valence-corrected chi connectivity index (χ1v) is 7.22. The number of carboxylic acid groups (broad SMARTS) is 1. The van der Waals surface area contributed by atoms with Gasteiger partial charge in [-0.25, -0.2) is 4.39 Å². The average Bonchev–Trinajstić information content (AvgIpc) is 2.50. The van der Waals surface area contributed by atoms with Crippen molar-refractivity contribution < 1.29 is 33.5 Å². The molecule has 0 aliphatic heterocycles. The molecule has 5 N–H and O–H groups in total. The van der Waals surface area contributed by atoms with Gasteiger partial charge in [-0.05, 0) is 12.8 Å². The number of carbonyl (C=O) groups is 5. The lowest BCUT2D eigenvalue weighted by molar-refractivity contribution is -0.143. The number of hydrogen-bond acceptors (Lipinski definition) is 6. The second kappa shape index (κ2) is 9.71. The maximum Gasteiger partial charge on any atom is 0.305 e. The Kier molecular flexibility index (Phi) is 8.75. The van der Waals surface area contributed by atoms with Gasteiger partial charge in [0.05, 0.1) is 12.5 Å². The van der Waals surface area contributed by atoms with E-state index in [9.17, 15) is 28.4 Å². The van der Waals surface area contributed by atoms with Crippen LogP contribution in [0.2, 0.25) is 0 Å². The Morgan fingerprint density at radius 2 is 1.58 bits per heavy atom. The monoisotopic (exact) mass is 347 g/mol. The third-order valence-electron chi connectivity index (χ3n) is 3.18. The number of carboxylic acids is 1. The van der Waals surface area contributed by atoms with Gasteiger partial charge in [0.2, 0.25) is 23.4 Å². The lowest BCUT2D eigenvalue weighted by Crippen LogP contribution is -2.55. The van der Waals surface area contributed by atoms with Crippen LogP contribution in [0.5, 0.6) is 0 Å². The Labute approximate surface area is 138 Å². The van der Waals surface area contributed by atoms with Crippen molar-refractivity contribution in [1.82, 2.24) is 10.6 Å². The van der Waals surface area contributed by atoms with Crippen LogP contribution < -0.4 is 16.4 Å². The van der Waals surface area contributed by atoms with Crippen LogP contribution in [0.15, 0.2) is 0 Å². The Morgan fingerprint density at radius 3 is 2.00 bits per heavy atom. The van der Waals surface area contributed by atoms with E-state index in [0.29, 0.717) is 0 Å². The predicted molar refractivity (Wildman–Crippen MR) is 80.6 cm³/mol. The zero-order valence-corrected chi connectivity index (χ0v) is 13.7. The van der Waals surface area contributed by atoms with Crippen molar-refractivity contribution >= 4 is 29.4 Å². The highest BCUT2D eigenvalue weighted by Gasteiger charge is 2.31. The molecule has 2 amide bonds. The first-order valence-electron chi connectivity index (χ1n) is 7.22. The summed E-state index contributed by atoms with van der Waals surface area (Å²) < 4.78 is 12.3. The van der Waals surface area contributed by atoms with Crippen molar-refractivity contribution in [2.24, 2.45) is 11.7 Å². The van der Waals surface area contributed by atoms with Crippen LogP contribution >= 0.6 is 0 Å². The fraction of sp³-hybridized carbons (Fsp3) is 0.643. The number of nitrogens with one attached hydrogen (secondary N) is 2. The van der Waals surface area contributed by atoms with Crippen LogP contribution in [0.3, 0.4) is 0 Å². The molecular weight excluding hydrogens is 325 g/mol. The summed E-state index contributed by atoms with van der Waals surface area (Å²) in [5.74, 6) is -5.94. The Hall–Kier alpha value is -2.36. The molecule has 10 heteroatoms. The van der Waals surface area contributed by atoms with E-state index in [1.807, 2.05) is 5.32 Å². The van der Waals surface area contributed by atoms with Crippen molar-refractivity contribution in [2.75, 3.05) is 6.67 Å². The number of hydrogen-bond donors (Lipinski definition) is 4. The second-order valence-electron chi connectivity index (χ2n) is 5.58. The Balaban J connectivity index is 4.92. The molecule has 0 aliphatic rings. The summed E-state index contributed by atoms with van der Waals surface area (Å²) in [7, 11) is 0. The van der Waals surface area contributed by atoms with E-state index in [1.165, 1.54) is 6.92 Å². The van der Waals surface area contributed by atoms with Gasteiger partial charge in [-0.3, -0.25) is 24.0 Å². The second-order valence-corrected chi connectivity index (χ2v) is 5.58. The van der Waals surface area contributed by atoms with E-state index in [-0.39, 0.29) is 5.92 Å². The van der Waals surface area contributed by atoms with Gasteiger partial charge in [0, 0.05) is 0 Å². The molecule has 24 heavy (non-hydrogen) atoms. The van der Waals surface area contributed by atoms with Crippen LogP contribution in [-0.4, -0.2) is 59.3 Å². The molecule has 1 unspecified atom stereocenters. The molecule has 9 nitrogen and oxygen atoms in total. The standard InChI is InChI=1S/C14H22FN3O6/c1-6(2)11(16)14(24)17-7(3)13(23)18-8(4-10(20)21)12(22)9(19)5-15/h6-8,11H,4-5,16H2,1-3H3,(H,17,24)(H,18,23)(H,20,21)/t7-,8?,11-/m0/s1. The maximum absolute atomic E-state index is 12.3. The summed E-state index contributed by atoms with van der Waals surface area (Å²) in [5, 5.41) is 13.1. The molecule has 0 aromatic heterocycles. The summed E-state index contributed by atoms with van der Waals surface area (Å²) in [6.45, 7) is 3.11. The Bertz CT molecular complexity index is 523. The van der Waals surface area contributed by atoms with E-state index >= 15 is 0 Å². The van der Waals surface area contributed by atoms with Gasteiger partial charge < -0.3 is 21.5 Å². The summed E-state index contributed by atoms with van der Waals surface area (Å²) in [6.07, 6.45) is -0.886. The molecule has 136 valence electrons. The molecule has 0 bridgehead atoms. The summed E-state index contributed by atoms with van der Waals surface area (Å²) in [6, 6.07) is -3.70. The third-order valence-corrected chi connectivity index (χ3v) is 3.18. The normalized spacial score (nSPS) is 14.4. The van der Waals surface area contributed by atoms with Crippen LogP contribution in [0, 0.1) is 5.92 Å². The van der Waals surface area contributed by atoms with Gasteiger partial charge in [0.25, 0.3) is 0 Å². The average molecular weight is 347 g/mol. The zero-order valence-electron chi connectivity index (χ0n) is 13.7. The van der Waals surface area contributed by atoms with Crippen LogP contribution in [0.4, 0.5) is 4.39 Å². The molecule has 0 fully saturated rings. The number of ketones is 2. The number of alkyl halides is 1. The largest absolute Gasteiger partial charge is 0.481 e. The maximum atomic E-state index is 12.3. The highest BCUT2D eigenvalue weighted by molar-refractivity contribution is 6.40. The minimum Gasteiger partial charge on any atom is -0.481 e. The number of aliphatic carboxylic acids is 1. The SMILES string of the molecule is CC(C)[C@H](N)C(=O)N[C@@H](C)C(=O)NC(CC(=O)O)C(=O)C(=O)CF. The smallest absolute Gasteiger partial charge is 0.305 e. The third kappa shape index (κ3) is 6.82. The fourth-order valence-corrected chi connectivity index (χ4v) is 1.62. The quantitative estimate of drug-likeness (QED) is 0.352. The fourth-order valence-electron chi connectivity index (χ4n) is 1.62. The van der Waals surface area contributed by atoms with E-state index < -0.39 is 60.6 Å². The minimum absolute atomic E-state index is 0.177. The van der Waals surface area contributed by atoms with Crippen LogP contribution in [0.25, 0.3) is 0 Å². The molecule has 0 aromatic rings. The summed E-state index contributed by atoms with van der Waals surface area (Å²) in [4.78, 5) is 57.1. The molecule has 0 heterocycles. The van der Waals surface area contributed by atoms with E-state index in [0.717, 1.165) is 0 Å². The van der Waals surface area contributed by atoms with Gasteiger partial charge in [0.15, 0.2) is 6.67 Å². The number of carbonyl (C=O) groups excluding carboxylic acids is 4. The molecule has 0 saturated heterocycles. The molecule has 3 atom stereocenters. The van der Waals surface area contributed by atoms with E-state index in [1.54, 1.807) is 13.8 Å². The van der Waals surface area contributed by atoms with Gasteiger partial charge in [0.1, 0.15) is 12.1 Å². The first-order chi connectivity index (χ1) is 11.0. The zero-order chi connectivity index (χ0) is 19.0. The molecule has 0 saturated carbocycles. The number of nitrogens with two attached hydrogens (primary N) is 1. The van der Waals surface area contributed by atoms with E-state index in [4.69, 9.17) is 10.8 Å². The summed E-state index contributed by atoms with van der Waals surface area (Å²) in [5.41, 5.74) is 5.62. The number of amides is 2. The Morgan fingerprint density at radius 1 is 1.04 bits per heavy atom. The summed E-state index contributed by atoms with van der Waals surface area (Å²) >= 11 is 0. The van der Waals surface area contributed by atoms with Gasteiger partial charge in [-0.1, -0.05) is 13.8 Å². The van der Waals surface area contributed by atoms with Crippen molar-refractivity contribution in [3.8, 4) is 0 Å². The molecule has 0 aromatic carbocycles. The molecule has 0 radical (unpaired) electrons. The van der Waals surface area contributed by atoms with Crippen molar-refractivity contribution in [3.05, 3.63) is 0 Å². The van der Waals surface area contributed by atoms with Crippen LogP contribution in [0.1, 0.15) is 27.2 Å². The number of halogens is 1. The lowest BCUT2D eigenvalue weighted by atomic mass is 10.0. The first kappa shape index (κ1) is 21.6. The van der Waals surface area contributed by atoms with E-state index in [2.05, 4.69) is 5.32 Å².